The number of aliphatic hydroxyl groups is 1. The normalized spacial score (nSPS) is 14.6. The Morgan fingerprint density at radius 3 is 2.46 bits per heavy atom. The van der Waals surface area contributed by atoms with Gasteiger partial charge in [-0.15, -0.1) is 0 Å². The van der Waals surface area contributed by atoms with E-state index >= 15 is 0 Å². The minimum absolute atomic E-state index is 0.125. The van der Waals surface area contributed by atoms with Crippen LogP contribution in [-0.2, 0) is 9.59 Å². The van der Waals surface area contributed by atoms with Gasteiger partial charge in [0.15, 0.2) is 0 Å². The number of hydrogen-bond acceptors (Lipinski definition) is 4. The van der Waals surface area contributed by atoms with Gasteiger partial charge >= 0.3 is 0 Å². The van der Waals surface area contributed by atoms with Crippen LogP contribution in [0, 0.1) is 0 Å². The molecule has 0 atom stereocenters. The SMILES string of the molecule is CCCCCCN1C(=O)C(c2ccc(Cl)cc2Cl)=C(N(C)CCO)C1=O. The fourth-order valence-electron chi connectivity index (χ4n) is 3.01. The smallest absolute Gasteiger partial charge is 0.277 e. The van der Waals surface area contributed by atoms with E-state index in [9.17, 15) is 14.7 Å². The van der Waals surface area contributed by atoms with Gasteiger partial charge < -0.3 is 10.0 Å². The monoisotopic (exact) mass is 398 g/mol. The highest BCUT2D eigenvalue weighted by Crippen LogP contribution is 2.35. The highest BCUT2D eigenvalue weighted by atomic mass is 35.5. The first kappa shape index (κ1) is 20.7. The van der Waals surface area contributed by atoms with Crippen molar-refractivity contribution in [3.63, 3.8) is 0 Å². The Kier molecular flexibility index (Phi) is 7.50. The minimum atomic E-state index is -0.351. The summed E-state index contributed by atoms with van der Waals surface area (Å²) < 4.78 is 0. The number of hydrogen-bond donors (Lipinski definition) is 1. The molecule has 1 heterocycles. The van der Waals surface area contributed by atoms with Crippen LogP contribution in [0.2, 0.25) is 10.0 Å². The average Bonchev–Trinajstić information content (AvgIpc) is 2.83. The van der Waals surface area contributed by atoms with E-state index in [4.69, 9.17) is 23.2 Å². The second-order valence-electron chi connectivity index (χ2n) is 6.32. The van der Waals surface area contributed by atoms with E-state index in [2.05, 4.69) is 6.92 Å². The van der Waals surface area contributed by atoms with E-state index in [0.29, 0.717) is 22.2 Å². The summed E-state index contributed by atoms with van der Waals surface area (Å²) >= 11 is 12.3. The van der Waals surface area contributed by atoms with Crippen molar-refractivity contribution in [2.45, 2.75) is 32.6 Å². The number of carbonyl (C=O) groups excluding carboxylic acids is 2. The quantitative estimate of drug-likeness (QED) is 0.510. The number of unbranched alkanes of at least 4 members (excludes halogenated alkanes) is 3. The van der Waals surface area contributed by atoms with Gasteiger partial charge in [0, 0.05) is 30.7 Å². The van der Waals surface area contributed by atoms with Crippen molar-refractivity contribution >= 4 is 40.6 Å². The first-order chi connectivity index (χ1) is 12.4. The third-order valence-electron chi connectivity index (χ3n) is 4.40. The van der Waals surface area contributed by atoms with Crippen LogP contribution < -0.4 is 0 Å². The number of amides is 2. The lowest BCUT2D eigenvalue weighted by molar-refractivity contribution is -0.137. The van der Waals surface area contributed by atoms with Gasteiger partial charge in [0.2, 0.25) is 0 Å². The van der Waals surface area contributed by atoms with Crippen LogP contribution >= 0.6 is 23.2 Å². The first-order valence-corrected chi connectivity index (χ1v) is 9.55. The van der Waals surface area contributed by atoms with Crippen molar-refractivity contribution in [2.75, 3.05) is 26.7 Å². The average molecular weight is 399 g/mol. The highest BCUT2D eigenvalue weighted by molar-refractivity contribution is 6.41. The Hall–Kier alpha value is -1.56. The molecule has 0 spiro atoms. The maximum absolute atomic E-state index is 13.0. The molecular formula is C19H24Cl2N2O3. The fraction of sp³-hybridized carbons (Fsp3) is 0.474. The van der Waals surface area contributed by atoms with Gasteiger partial charge in [0.05, 0.1) is 17.2 Å². The van der Waals surface area contributed by atoms with Crippen LogP contribution in [0.1, 0.15) is 38.2 Å². The molecule has 5 nitrogen and oxygen atoms in total. The number of rotatable bonds is 9. The Bertz CT molecular complexity index is 719. The van der Waals surface area contributed by atoms with Crippen molar-refractivity contribution in [1.82, 2.24) is 9.80 Å². The molecule has 2 rings (SSSR count). The molecule has 1 N–H and O–H groups in total. The summed E-state index contributed by atoms with van der Waals surface area (Å²) in [5, 5.41) is 10.0. The first-order valence-electron chi connectivity index (χ1n) is 8.80. The van der Waals surface area contributed by atoms with Crippen molar-refractivity contribution in [3.8, 4) is 0 Å². The Labute approximate surface area is 164 Å². The third-order valence-corrected chi connectivity index (χ3v) is 4.94. The van der Waals surface area contributed by atoms with E-state index in [0.717, 1.165) is 25.7 Å². The molecule has 7 heteroatoms. The summed E-state index contributed by atoms with van der Waals surface area (Å²) in [6.45, 7) is 2.60. The Morgan fingerprint density at radius 2 is 1.85 bits per heavy atom. The maximum atomic E-state index is 13.0. The summed E-state index contributed by atoms with van der Waals surface area (Å²) in [6, 6.07) is 4.84. The van der Waals surface area contributed by atoms with Crippen LogP contribution in [-0.4, -0.2) is 53.5 Å². The zero-order valence-electron chi connectivity index (χ0n) is 15.1. The summed E-state index contributed by atoms with van der Waals surface area (Å²) in [7, 11) is 1.68. The molecule has 2 amide bonds. The number of carbonyl (C=O) groups is 2. The van der Waals surface area contributed by atoms with Gasteiger partial charge in [-0.2, -0.15) is 0 Å². The maximum Gasteiger partial charge on any atom is 0.277 e. The van der Waals surface area contributed by atoms with Gasteiger partial charge in [-0.05, 0) is 18.6 Å². The molecule has 1 aromatic rings. The van der Waals surface area contributed by atoms with Gasteiger partial charge in [-0.1, -0.05) is 55.5 Å². The zero-order valence-corrected chi connectivity index (χ0v) is 16.6. The molecular weight excluding hydrogens is 375 g/mol. The minimum Gasteiger partial charge on any atom is -0.395 e. The number of aliphatic hydroxyl groups excluding tert-OH is 1. The fourth-order valence-corrected chi connectivity index (χ4v) is 3.52. The second kappa shape index (κ2) is 9.40. The van der Waals surface area contributed by atoms with Gasteiger partial charge in [0.25, 0.3) is 11.8 Å². The number of benzene rings is 1. The lowest BCUT2D eigenvalue weighted by Gasteiger charge is -2.20. The van der Waals surface area contributed by atoms with E-state index in [1.807, 2.05) is 0 Å². The Morgan fingerprint density at radius 1 is 1.12 bits per heavy atom. The molecule has 26 heavy (non-hydrogen) atoms. The van der Waals surface area contributed by atoms with Crippen molar-refractivity contribution < 1.29 is 14.7 Å². The third kappa shape index (κ3) is 4.40. The predicted octanol–water partition coefficient (Wildman–Crippen LogP) is 3.58. The van der Waals surface area contributed by atoms with Crippen LogP contribution in [0.25, 0.3) is 5.57 Å². The lowest BCUT2D eigenvalue weighted by Crippen LogP contribution is -2.35. The van der Waals surface area contributed by atoms with Crippen LogP contribution in [0.3, 0.4) is 0 Å². The standard InChI is InChI=1S/C19H24Cl2N2O3/c1-3-4-5-6-9-23-18(25)16(14-8-7-13(20)12-15(14)21)17(19(23)26)22(2)10-11-24/h7-8,12,24H,3-6,9-11H2,1-2H3. The number of imide groups is 1. The molecule has 0 radical (unpaired) electrons. The molecule has 1 aromatic carbocycles. The molecule has 0 aliphatic carbocycles. The van der Waals surface area contributed by atoms with Gasteiger partial charge in [-0.25, -0.2) is 0 Å². The van der Waals surface area contributed by atoms with Gasteiger partial charge in [0.1, 0.15) is 5.70 Å². The molecule has 1 aliphatic rings. The van der Waals surface area contributed by atoms with Crippen molar-refractivity contribution in [3.05, 3.63) is 39.5 Å². The van der Waals surface area contributed by atoms with E-state index in [1.54, 1.807) is 30.1 Å². The highest BCUT2D eigenvalue weighted by Gasteiger charge is 2.40. The molecule has 0 aromatic heterocycles. The van der Waals surface area contributed by atoms with Crippen LogP contribution in [0.4, 0.5) is 0 Å². The van der Waals surface area contributed by atoms with Gasteiger partial charge in [-0.3, -0.25) is 14.5 Å². The molecule has 0 saturated heterocycles. The summed E-state index contributed by atoms with van der Waals surface area (Å²) in [6.07, 6.45) is 3.88. The molecule has 0 saturated carbocycles. The molecule has 1 aliphatic heterocycles. The second-order valence-corrected chi connectivity index (χ2v) is 7.16. The summed E-state index contributed by atoms with van der Waals surface area (Å²) in [5.74, 6) is -0.695. The Balaban J connectivity index is 2.40. The van der Waals surface area contributed by atoms with Crippen molar-refractivity contribution in [2.24, 2.45) is 0 Å². The van der Waals surface area contributed by atoms with E-state index in [1.165, 1.54) is 4.90 Å². The largest absolute Gasteiger partial charge is 0.395 e. The predicted molar refractivity (Wildman–Crippen MR) is 104 cm³/mol. The van der Waals surface area contributed by atoms with Crippen LogP contribution in [0.5, 0.6) is 0 Å². The molecule has 142 valence electrons. The van der Waals surface area contributed by atoms with E-state index in [-0.39, 0.29) is 36.2 Å². The zero-order chi connectivity index (χ0) is 19.3. The van der Waals surface area contributed by atoms with Crippen molar-refractivity contribution in [1.29, 1.82) is 0 Å². The molecule has 0 bridgehead atoms. The summed E-state index contributed by atoms with van der Waals surface area (Å²) in [4.78, 5) is 28.8. The number of halogens is 2. The number of nitrogens with zero attached hydrogens (tertiary/aromatic N) is 2. The number of likely N-dealkylation sites (N-methyl/N-ethyl adjacent to an activating group) is 1. The van der Waals surface area contributed by atoms with Crippen LogP contribution in [0.15, 0.2) is 23.9 Å². The van der Waals surface area contributed by atoms with E-state index < -0.39 is 0 Å². The molecule has 0 unspecified atom stereocenters. The topological polar surface area (TPSA) is 60.9 Å². The summed E-state index contributed by atoms with van der Waals surface area (Å²) in [5.41, 5.74) is 1.01. The molecule has 0 fully saturated rings. The lowest BCUT2D eigenvalue weighted by atomic mass is 10.0.